The van der Waals surface area contributed by atoms with Gasteiger partial charge in [0.05, 0.1) is 36.4 Å². The first-order chi connectivity index (χ1) is 13.2. The summed E-state index contributed by atoms with van der Waals surface area (Å²) < 4.78 is 5.58. The summed E-state index contributed by atoms with van der Waals surface area (Å²) in [6.07, 6.45) is 5.34. The third-order valence-corrected chi connectivity index (χ3v) is 5.53. The van der Waals surface area contributed by atoms with Crippen LogP contribution in [0.15, 0.2) is 30.6 Å². The molecule has 4 heterocycles. The Morgan fingerprint density at radius 2 is 2.22 bits per heavy atom. The van der Waals surface area contributed by atoms with Crippen molar-refractivity contribution in [3.8, 4) is 17.5 Å². The Kier molecular flexibility index (Phi) is 3.62. The Balaban J connectivity index is 1.69. The van der Waals surface area contributed by atoms with Gasteiger partial charge < -0.3 is 14.6 Å². The number of nitrogens with zero attached hydrogens (tertiary/aromatic N) is 5. The van der Waals surface area contributed by atoms with Crippen molar-refractivity contribution in [2.24, 2.45) is 0 Å². The molecule has 0 bridgehead atoms. The van der Waals surface area contributed by atoms with Gasteiger partial charge in [0.25, 0.3) is 0 Å². The topological polar surface area (TPSA) is 90.7 Å². The predicted octanol–water partition coefficient (Wildman–Crippen LogP) is 2.80. The van der Waals surface area contributed by atoms with Crippen LogP contribution in [0.5, 0.6) is 0 Å². The van der Waals surface area contributed by atoms with Gasteiger partial charge in [-0.15, -0.1) is 0 Å². The number of aromatic amines is 1. The fourth-order valence-electron chi connectivity index (χ4n) is 3.72. The molecule has 1 N–H and O–H groups in total. The lowest BCUT2D eigenvalue weighted by molar-refractivity contribution is 0.0985. The molecule has 0 amide bonds. The van der Waals surface area contributed by atoms with Gasteiger partial charge in [-0.2, -0.15) is 5.26 Å². The van der Waals surface area contributed by atoms with Crippen molar-refractivity contribution < 1.29 is 4.74 Å². The van der Waals surface area contributed by atoms with Crippen LogP contribution in [0.4, 0.5) is 5.82 Å². The molecule has 136 valence electrons. The van der Waals surface area contributed by atoms with Crippen LogP contribution in [0.2, 0.25) is 0 Å². The standard InChI is InChI=1S/C20H20N6O/c1-13-11-27-9-8-26(13)17-10-16(20(12-21)4-5-20)24-19(25-17)15-3-7-23-18-14(15)2-6-22-18/h2-3,6-7,10,13H,4-5,8-9,11H2,1H3,(H,22,23). The van der Waals surface area contributed by atoms with Crippen molar-refractivity contribution in [3.05, 3.63) is 36.3 Å². The number of pyridine rings is 1. The molecule has 3 aromatic heterocycles. The van der Waals surface area contributed by atoms with Crippen LogP contribution in [0.1, 0.15) is 25.5 Å². The third-order valence-electron chi connectivity index (χ3n) is 5.53. The Labute approximate surface area is 157 Å². The van der Waals surface area contributed by atoms with Gasteiger partial charge in [-0.05, 0) is 31.9 Å². The van der Waals surface area contributed by atoms with Crippen LogP contribution in [0.3, 0.4) is 0 Å². The average molecular weight is 360 g/mol. The van der Waals surface area contributed by atoms with E-state index in [1.807, 2.05) is 24.4 Å². The van der Waals surface area contributed by atoms with E-state index in [-0.39, 0.29) is 6.04 Å². The molecule has 0 radical (unpaired) electrons. The number of anilines is 1. The van der Waals surface area contributed by atoms with Crippen molar-refractivity contribution in [1.82, 2.24) is 19.9 Å². The number of morpholine rings is 1. The molecule has 1 aliphatic heterocycles. The Morgan fingerprint density at radius 3 is 3.00 bits per heavy atom. The second-order valence-electron chi connectivity index (χ2n) is 7.34. The molecule has 7 nitrogen and oxygen atoms in total. The van der Waals surface area contributed by atoms with Gasteiger partial charge >= 0.3 is 0 Å². The Bertz CT molecular complexity index is 1050. The van der Waals surface area contributed by atoms with Crippen LogP contribution in [0.25, 0.3) is 22.4 Å². The average Bonchev–Trinajstić information content (AvgIpc) is 3.36. The number of nitrogens with one attached hydrogen (secondary N) is 1. The molecule has 0 aromatic carbocycles. The molecule has 1 saturated heterocycles. The number of aromatic nitrogens is 4. The lowest BCUT2D eigenvalue weighted by Crippen LogP contribution is -2.44. The van der Waals surface area contributed by atoms with Crippen molar-refractivity contribution in [2.45, 2.75) is 31.2 Å². The van der Waals surface area contributed by atoms with Gasteiger partial charge in [-0.1, -0.05) is 0 Å². The van der Waals surface area contributed by atoms with E-state index in [9.17, 15) is 5.26 Å². The van der Waals surface area contributed by atoms with E-state index in [1.165, 1.54) is 0 Å². The van der Waals surface area contributed by atoms with Gasteiger partial charge in [0.15, 0.2) is 5.82 Å². The molecule has 7 heteroatoms. The van der Waals surface area contributed by atoms with E-state index in [0.29, 0.717) is 19.0 Å². The first kappa shape index (κ1) is 16.2. The summed E-state index contributed by atoms with van der Waals surface area (Å²) in [5, 5.41) is 10.7. The lowest BCUT2D eigenvalue weighted by atomic mass is 10.0. The van der Waals surface area contributed by atoms with Gasteiger partial charge in [0.1, 0.15) is 11.5 Å². The number of hydrogen-bond acceptors (Lipinski definition) is 6. The highest BCUT2D eigenvalue weighted by molar-refractivity contribution is 5.91. The first-order valence-electron chi connectivity index (χ1n) is 9.28. The highest BCUT2D eigenvalue weighted by atomic mass is 16.5. The molecular formula is C20H20N6O. The van der Waals surface area contributed by atoms with Crippen LogP contribution in [0, 0.1) is 11.3 Å². The highest BCUT2D eigenvalue weighted by Gasteiger charge is 2.47. The smallest absolute Gasteiger partial charge is 0.162 e. The van der Waals surface area contributed by atoms with Crippen LogP contribution >= 0.6 is 0 Å². The normalized spacial score (nSPS) is 21.2. The first-order valence-corrected chi connectivity index (χ1v) is 9.28. The minimum absolute atomic E-state index is 0.233. The van der Waals surface area contributed by atoms with E-state index in [0.717, 1.165) is 47.5 Å². The summed E-state index contributed by atoms with van der Waals surface area (Å²) in [5.74, 6) is 1.52. The monoisotopic (exact) mass is 360 g/mol. The maximum absolute atomic E-state index is 9.70. The third kappa shape index (κ3) is 2.64. The maximum atomic E-state index is 9.70. The Hall–Kier alpha value is -2.98. The van der Waals surface area contributed by atoms with Crippen molar-refractivity contribution in [2.75, 3.05) is 24.7 Å². The summed E-state index contributed by atoms with van der Waals surface area (Å²) in [4.78, 5) is 19.5. The van der Waals surface area contributed by atoms with Gasteiger partial charge in [-0.3, -0.25) is 0 Å². The molecule has 27 heavy (non-hydrogen) atoms. The van der Waals surface area contributed by atoms with E-state index in [4.69, 9.17) is 14.7 Å². The molecule has 5 rings (SSSR count). The number of fused-ring (bicyclic) bond motifs is 1. The largest absolute Gasteiger partial charge is 0.377 e. The number of ether oxygens (including phenoxy) is 1. The summed E-state index contributed by atoms with van der Waals surface area (Å²) >= 11 is 0. The molecule has 1 unspecified atom stereocenters. The van der Waals surface area contributed by atoms with Gasteiger partial charge in [-0.25, -0.2) is 15.0 Å². The number of H-pyrrole nitrogens is 1. The minimum atomic E-state index is -0.466. The maximum Gasteiger partial charge on any atom is 0.162 e. The van der Waals surface area contributed by atoms with Crippen molar-refractivity contribution >= 4 is 16.9 Å². The van der Waals surface area contributed by atoms with E-state index in [2.05, 4.69) is 27.9 Å². The fraction of sp³-hybridized carbons (Fsp3) is 0.400. The van der Waals surface area contributed by atoms with Crippen molar-refractivity contribution in [1.29, 1.82) is 5.26 Å². The fourth-order valence-corrected chi connectivity index (χ4v) is 3.72. The molecule has 1 aliphatic carbocycles. The van der Waals surface area contributed by atoms with Gasteiger partial charge in [0.2, 0.25) is 0 Å². The quantitative estimate of drug-likeness (QED) is 0.772. The summed E-state index contributed by atoms with van der Waals surface area (Å²) in [6, 6.07) is 8.62. The van der Waals surface area contributed by atoms with Crippen LogP contribution in [-0.2, 0) is 10.2 Å². The molecule has 1 saturated carbocycles. The van der Waals surface area contributed by atoms with E-state index < -0.39 is 5.41 Å². The minimum Gasteiger partial charge on any atom is -0.377 e. The molecule has 3 aromatic rings. The number of hydrogen-bond donors (Lipinski definition) is 1. The molecule has 0 spiro atoms. The molecule has 2 fully saturated rings. The predicted molar refractivity (Wildman–Crippen MR) is 101 cm³/mol. The van der Waals surface area contributed by atoms with E-state index >= 15 is 0 Å². The lowest BCUT2D eigenvalue weighted by Gasteiger charge is -2.34. The summed E-state index contributed by atoms with van der Waals surface area (Å²) in [6.45, 7) is 4.27. The zero-order valence-electron chi connectivity index (χ0n) is 15.1. The second-order valence-corrected chi connectivity index (χ2v) is 7.34. The second kappa shape index (κ2) is 6.03. The Morgan fingerprint density at radius 1 is 1.33 bits per heavy atom. The van der Waals surface area contributed by atoms with Crippen molar-refractivity contribution in [3.63, 3.8) is 0 Å². The van der Waals surface area contributed by atoms with E-state index in [1.54, 1.807) is 6.20 Å². The highest BCUT2D eigenvalue weighted by Crippen LogP contribution is 2.47. The summed E-state index contributed by atoms with van der Waals surface area (Å²) in [7, 11) is 0. The van der Waals surface area contributed by atoms with Gasteiger partial charge in [0, 0.05) is 36.0 Å². The van der Waals surface area contributed by atoms with Crippen LogP contribution in [-0.4, -0.2) is 45.7 Å². The number of nitriles is 1. The summed E-state index contributed by atoms with van der Waals surface area (Å²) in [5.41, 5.74) is 2.10. The zero-order chi connectivity index (χ0) is 18.4. The molecule has 1 atom stereocenters. The molecule has 2 aliphatic rings. The van der Waals surface area contributed by atoms with Crippen LogP contribution < -0.4 is 4.90 Å². The SMILES string of the molecule is CC1COCCN1c1cc(C2(C#N)CC2)nc(-c2ccnc3[nH]ccc23)n1. The molecular weight excluding hydrogens is 340 g/mol. The number of rotatable bonds is 3. The zero-order valence-corrected chi connectivity index (χ0v) is 15.1.